The number of hydrogen-bond donors (Lipinski definition) is 0. The molecule has 0 radical (unpaired) electrons. The second-order valence-corrected chi connectivity index (χ2v) is 17.2. The van der Waals surface area contributed by atoms with Gasteiger partial charge in [-0.25, -0.2) is 0 Å². The minimum Gasteiger partial charge on any atom is -0.139 e. The van der Waals surface area contributed by atoms with Crippen molar-refractivity contribution in [2.75, 3.05) is 0 Å². The smallest absolute Gasteiger partial charge is 0.0532 e. The van der Waals surface area contributed by atoms with E-state index in [0.717, 1.165) is 23.7 Å². The number of hydrogen-bond acceptors (Lipinski definition) is 4. The highest BCUT2D eigenvalue weighted by molar-refractivity contribution is 7.34. The van der Waals surface area contributed by atoms with Crippen molar-refractivity contribution >= 4 is 84.3 Å². The fourth-order valence-corrected chi connectivity index (χ4v) is 11.0. The summed E-state index contributed by atoms with van der Waals surface area (Å²) < 4.78 is 8.99. The summed E-state index contributed by atoms with van der Waals surface area (Å²) in [5.74, 6) is 3.34. The first kappa shape index (κ1) is 28.6. The zero-order valence-electron chi connectivity index (χ0n) is 24.3. The van der Waals surface area contributed by atoms with E-state index in [4.69, 9.17) is 0 Å². The van der Waals surface area contributed by atoms with E-state index in [1.807, 2.05) is 22.7 Å². The highest BCUT2D eigenvalue weighted by Crippen LogP contribution is 2.46. The zero-order chi connectivity index (χ0) is 26.8. The number of fused-ring (bicyclic) bond motifs is 6. The average Bonchev–Trinajstić information content (AvgIpc) is 3.58. The summed E-state index contributed by atoms with van der Waals surface area (Å²) in [6, 6.07) is 10.0. The second-order valence-electron chi connectivity index (χ2n) is 12.8. The molecule has 2 unspecified atom stereocenters. The Morgan fingerprint density at radius 3 is 1.34 bits per heavy atom. The molecule has 0 aliphatic carbocycles. The van der Waals surface area contributed by atoms with Gasteiger partial charge in [-0.05, 0) is 73.6 Å². The predicted molar refractivity (Wildman–Crippen MR) is 180 cm³/mol. The first-order chi connectivity index (χ1) is 18.3. The van der Waals surface area contributed by atoms with E-state index < -0.39 is 0 Å². The van der Waals surface area contributed by atoms with Crippen molar-refractivity contribution in [2.45, 2.75) is 106 Å². The van der Waals surface area contributed by atoms with Crippen LogP contribution in [0.4, 0.5) is 0 Å². The Balaban J connectivity index is 1.28. The Morgan fingerprint density at radius 2 is 0.921 bits per heavy atom. The molecule has 0 aliphatic heterocycles. The number of benzene rings is 1. The van der Waals surface area contributed by atoms with Crippen molar-refractivity contribution < 1.29 is 0 Å². The van der Waals surface area contributed by atoms with Crippen LogP contribution in [0.2, 0.25) is 0 Å². The molecule has 4 heterocycles. The molecule has 0 nitrogen and oxygen atoms in total. The molecule has 5 aromatic rings. The van der Waals surface area contributed by atoms with Crippen LogP contribution in [0.5, 0.6) is 0 Å². The lowest BCUT2D eigenvalue weighted by atomic mass is 9.96. The lowest BCUT2D eigenvalue weighted by Gasteiger charge is -2.11. The average molecular weight is 583 g/mol. The molecule has 38 heavy (non-hydrogen) atoms. The van der Waals surface area contributed by atoms with E-state index in [2.05, 4.69) is 88.5 Å². The van der Waals surface area contributed by atoms with Gasteiger partial charge in [0, 0.05) is 39.3 Å². The van der Waals surface area contributed by atoms with Crippen LogP contribution in [-0.2, 0) is 12.8 Å². The van der Waals surface area contributed by atoms with Crippen molar-refractivity contribution in [1.82, 2.24) is 0 Å². The zero-order valence-corrected chi connectivity index (χ0v) is 27.6. The van der Waals surface area contributed by atoms with E-state index in [0.29, 0.717) is 0 Å². The van der Waals surface area contributed by atoms with Gasteiger partial charge in [-0.2, -0.15) is 0 Å². The summed E-state index contributed by atoms with van der Waals surface area (Å²) in [6.07, 6.45) is 13.4. The van der Waals surface area contributed by atoms with E-state index in [1.54, 1.807) is 9.75 Å². The molecule has 5 rings (SSSR count). The maximum atomic E-state index is 2.53. The third-order valence-corrected chi connectivity index (χ3v) is 13.1. The summed E-state index contributed by atoms with van der Waals surface area (Å²) in [4.78, 5) is 3.17. The van der Waals surface area contributed by atoms with Crippen molar-refractivity contribution in [3.05, 3.63) is 34.0 Å². The lowest BCUT2D eigenvalue weighted by molar-refractivity contribution is 0.437. The maximum absolute atomic E-state index is 2.53. The molecule has 0 aliphatic rings. The molecule has 4 aromatic heterocycles. The number of aryl methyl sites for hydroxylation is 2. The van der Waals surface area contributed by atoms with Gasteiger partial charge in [0.1, 0.15) is 0 Å². The van der Waals surface area contributed by atoms with Crippen LogP contribution in [0.3, 0.4) is 0 Å². The molecule has 0 bridgehead atoms. The SMILES string of the molecule is CC(C)CCCC(C)CCc1cc2sc3cc4sc5cc(CCC(C)CCCC(C)C)sc5c4cc3c2s1. The van der Waals surface area contributed by atoms with Gasteiger partial charge in [-0.3, -0.25) is 0 Å². The van der Waals surface area contributed by atoms with Crippen molar-refractivity contribution in [3.63, 3.8) is 0 Å². The van der Waals surface area contributed by atoms with Gasteiger partial charge in [0.15, 0.2) is 0 Å². The Hall–Kier alpha value is -0.940. The second kappa shape index (κ2) is 12.7. The van der Waals surface area contributed by atoms with Crippen LogP contribution in [0.25, 0.3) is 39.0 Å². The molecule has 1 aromatic carbocycles. The molecule has 0 N–H and O–H groups in total. The minimum absolute atomic E-state index is 0.834. The molecule has 206 valence electrons. The first-order valence-electron chi connectivity index (χ1n) is 15.1. The third kappa shape index (κ3) is 6.85. The quantitative estimate of drug-likeness (QED) is 0.122. The largest absolute Gasteiger partial charge is 0.139 e. The highest BCUT2D eigenvalue weighted by atomic mass is 32.1. The lowest BCUT2D eigenvalue weighted by Crippen LogP contribution is -1.98. The van der Waals surface area contributed by atoms with Gasteiger partial charge < -0.3 is 0 Å². The molecule has 0 fully saturated rings. The Labute approximate surface area is 246 Å². The molecular weight excluding hydrogens is 537 g/mol. The summed E-state index contributed by atoms with van der Waals surface area (Å²) in [7, 11) is 0. The van der Waals surface area contributed by atoms with E-state index in [-0.39, 0.29) is 0 Å². The Morgan fingerprint density at radius 1 is 0.474 bits per heavy atom. The van der Waals surface area contributed by atoms with Crippen molar-refractivity contribution in [3.8, 4) is 0 Å². The van der Waals surface area contributed by atoms with Crippen LogP contribution in [0, 0.1) is 23.7 Å². The first-order valence-corrected chi connectivity index (χ1v) is 18.3. The maximum Gasteiger partial charge on any atom is 0.0532 e. The molecule has 0 amide bonds. The van der Waals surface area contributed by atoms with E-state index in [9.17, 15) is 0 Å². The Bertz CT molecular complexity index is 1360. The van der Waals surface area contributed by atoms with Gasteiger partial charge in [-0.15, -0.1) is 45.3 Å². The molecule has 0 saturated heterocycles. The van der Waals surface area contributed by atoms with Crippen molar-refractivity contribution in [2.24, 2.45) is 23.7 Å². The van der Waals surface area contributed by atoms with Crippen LogP contribution in [0.1, 0.15) is 103 Å². The van der Waals surface area contributed by atoms with Crippen LogP contribution < -0.4 is 0 Å². The monoisotopic (exact) mass is 582 g/mol. The van der Waals surface area contributed by atoms with Crippen LogP contribution in [0.15, 0.2) is 24.3 Å². The van der Waals surface area contributed by atoms with E-state index in [1.165, 1.54) is 103 Å². The minimum atomic E-state index is 0.834. The third-order valence-electron chi connectivity index (χ3n) is 8.23. The highest BCUT2D eigenvalue weighted by Gasteiger charge is 2.16. The summed E-state index contributed by atoms with van der Waals surface area (Å²) in [5.41, 5.74) is 0. The van der Waals surface area contributed by atoms with Gasteiger partial charge in [-0.1, -0.05) is 80.1 Å². The number of thiophene rings is 4. The molecule has 2 atom stereocenters. The summed E-state index contributed by atoms with van der Waals surface area (Å²) >= 11 is 8.13. The molecule has 4 heteroatoms. The molecular formula is C34H46S4. The topological polar surface area (TPSA) is 0 Å². The van der Waals surface area contributed by atoms with Crippen LogP contribution in [-0.4, -0.2) is 0 Å². The predicted octanol–water partition coefficient (Wildman–Crippen LogP) is 13.3. The summed E-state index contributed by atoms with van der Waals surface area (Å²) in [6.45, 7) is 14.3. The van der Waals surface area contributed by atoms with Gasteiger partial charge >= 0.3 is 0 Å². The van der Waals surface area contributed by atoms with Crippen molar-refractivity contribution in [1.29, 1.82) is 0 Å². The van der Waals surface area contributed by atoms with Gasteiger partial charge in [0.2, 0.25) is 0 Å². The molecule has 0 saturated carbocycles. The molecule has 0 spiro atoms. The fraction of sp³-hybridized carbons (Fsp3) is 0.588. The van der Waals surface area contributed by atoms with Crippen LogP contribution >= 0.6 is 45.3 Å². The van der Waals surface area contributed by atoms with E-state index >= 15 is 0 Å². The standard InChI is InChI=1S/C34H46S4/c1-21(2)9-7-11-23(5)13-15-25-17-31-33(35-25)27-19-28-30(20-29(27)37-31)38-32-18-26(36-34(28)32)16-14-24(6)12-8-10-22(3)4/h17-24H,7-16H2,1-6H3. The number of rotatable bonds is 14. The van der Waals surface area contributed by atoms with Gasteiger partial charge in [0.25, 0.3) is 0 Å². The summed E-state index contributed by atoms with van der Waals surface area (Å²) in [5, 5.41) is 2.99. The van der Waals surface area contributed by atoms with Gasteiger partial charge in [0.05, 0.1) is 9.40 Å². The Kier molecular flexibility index (Phi) is 9.56. The normalized spacial score (nSPS) is 14.3. The fourth-order valence-electron chi connectivity index (χ4n) is 5.76.